The number of hydrazine groups is 1. The van der Waals surface area contributed by atoms with E-state index in [1.54, 1.807) is 0 Å². The van der Waals surface area contributed by atoms with Gasteiger partial charge in [0, 0.05) is 18.6 Å². The first-order valence-electron chi connectivity index (χ1n) is 4.79. The highest BCUT2D eigenvalue weighted by molar-refractivity contribution is 5.00. The van der Waals surface area contributed by atoms with E-state index in [9.17, 15) is 0 Å². The molecule has 1 saturated heterocycles. The van der Waals surface area contributed by atoms with E-state index in [1.165, 1.54) is 25.9 Å². The first kappa shape index (κ1) is 8.48. The Kier molecular flexibility index (Phi) is 1.90. The van der Waals surface area contributed by atoms with Crippen molar-refractivity contribution in [1.29, 1.82) is 0 Å². The normalized spacial score (nSPS) is 48.2. The van der Waals surface area contributed by atoms with Crippen LogP contribution in [0.1, 0.15) is 19.8 Å². The van der Waals surface area contributed by atoms with E-state index in [-0.39, 0.29) is 5.54 Å². The minimum absolute atomic E-state index is 0.219. The molecule has 0 bridgehead atoms. The van der Waals surface area contributed by atoms with Crippen LogP contribution in [0.2, 0.25) is 0 Å². The third kappa shape index (κ3) is 1.26. The van der Waals surface area contributed by atoms with E-state index in [0.29, 0.717) is 0 Å². The standard InChI is InChI=1S/C9H19N3/c1-9(11-10)3-7-5-12(2)6-8(7)4-9/h7-8,11H,3-6,10H2,1-2H3. The Hall–Kier alpha value is -0.120. The maximum Gasteiger partial charge on any atom is 0.0299 e. The molecule has 0 spiro atoms. The lowest BCUT2D eigenvalue weighted by Gasteiger charge is -2.24. The fourth-order valence-corrected chi connectivity index (χ4v) is 2.99. The molecule has 0 amide bonds. The van der Waals surface area contributed by atoms with Crippen LogP contribution in [0.3, 0.4) is 0 Å². The van der Waals surface area contributed by atoms with Gasteiger partial charge in [0.05, 0.1) is 0 Å². The predicted molar refractivity (Wildman–Crippen MR) is 49.4 cm³/mol. The largest absolute Gasteiger partial charge is 0.306 e. The SMILES string of the molecule is CN1CC2CC(C)(NN)CC2C1. The van der Waals surface area contributed by atoms with Crippen molar-refractivity contribution in [3.05, 3.63) is 0 Å². The predicted octanol–water partition coefficient (Wildman–Crippen LogP) is 0.180. The number of hydrogen-bond donors (Lipinski definition) is 2. The van der Waals surface area contributed by atoms with Crippen LogP contribution in [0.25, 0.3) is 0 Å². The van der Waals surface area contributed by atoms with Crippen LogP contribution in [0.4, 0.5) is 0 Å². The Morgan fingerprint density at radius 1 is 1.33 bits per heavy atom. The maximum absolute atomic E-state index is 5.54. The van der Waals surface area contributed by atoms with Crippen molar-refractivity contribution < 1.29 is 0 Å². The molecule has 3 nitrogen and oxygen atoms in total. The molecule has 0 aromatic carbocycles. The van der Waals surface area contributed by atoms with Crippen LogP contribution in [-0.4, -0.2) is 30.6 Å². The second-order valence-electron chi connectivity index (χ2n) is 4.85. The summed E-state index contributed by atoms with van der Waals surface area (Å²) in [4.78, 5) is 2.44. The molecule has 70 valence electrons. The molecule has 3 N–H and O–H groups in total. The van der Waals surface area contributed by atoms with Crippen LogP contribution in [0.15, 0.2) is 0 Å². The fourth-order valence-electron chi connectivity index (χ4n) is 2.99. The molecule has 1 aliphatic carbocycles. The van der Waals surface area contributed by atoms with Crippen molar-refractivity contribution in [2.75, 3.05) is 20.1 Å². The van der Waals surface area contributed by atoms with Gasteiger partial charge in [-0.15, -0.1) is 0 Å². The summed E-state index contributed by atoms with van der Waals surface area (Å²) < 4.78 is 0. The van der Waals surface area contributed by atoms with E-state index in [2.05, 4.69) is 24.3 Å². The van der Waals surface area contributed by atoms with Gasteiger partial charge in [0.15, 0.2) is 0 Å². The maximum atomic E-state index is 5.54. The van der Waals surface area contributed by atoms with E-state index in [4.69, 9.17) is 5.84 Å². The Bertz CT molecular complexity index is 167. The summed E-state index contributed by atoms with van der Waals surface area (Å²) in [7, 11) is 2.21. The molecule has 2 atom stereocenters. The second-order valence-corrected chi connectivity index (χ2v) is 4.85. The fraction of sp³-hybridized carbons (Fsp3) is 1.00. The van der Waals surface area contributed by atoms with E-state index >= 15 is 0 Å². The highest BCUT2D eigenvalue weighted by Gasteiger charge is 2.45. The Balaban J connectivity index is 2.02. The lowest BCUT2D eigenvalue weighted by molar-refractivity contribution is 0.301. The van der Waals surface area contributed by atoms with Gasteiger partial charge in [0.25, 0.3) is 0 Å². The first-order chi connectivity index (χ1) is 5.63. The molecular formula is C9H19N3. The van der Waals surface area contributed by atoms with Crippen LogP contribution in [-0.2, 0) is 0 Å². The number of nitrogens with one attached hydrogen (secondary N) is 1. The van der Waals surface area contributed by atoms with Crippen molar-refractivity contribution in [1.82, 2.24) is 10.3 Å². The average Bonchev–Trinajstić information content (AvgIpc) is 2.42. The van der Waals surface area contributed by atoms with Gasteiger partial charge in [0.2, 0.25) is 0 Å². The molecule has 3 heteroatoms. The van der Waals surface area contributed by atoms with Gasteiger partial charge in [-0.05, 0) is 38.6 Å². The first-order valence-corrected chi connectivity index (χ1v) is 4.79. The molecule has 1 saturated carbocycles. The summed E-state index contributed by atoms with van der Waals surface area (Å²) in [5.41, 5.74) is 3.18. The summed E-state index contributed by atoms with van der Waals surface area (Å²) in [5, 5.41) is 0. The number of nitrogens with two attached hydrogens (primary N) is 1. The zero-order valence-corrected chi connectivity index (χ0v) is 8.01. The summed E-state index contributed by atoms with van der Waals surface area (Å²) >= 11 is 0. The number of hydrogen-bond acceptors (Lipinski definition) is 3. The van der Waals surface area contributed by atoms with Crippen molar-refractivity contribution in [2.24, 2.45) is 17.7 Å². The molecule has 2 fully saturated rings. The topological polar surface area (TPSA) is 41.3 Å². The average molecular weight is 169 g/mol. The monoisotopic (exact) mass is 169 g/mol. The quantitative estimate of drug-likeness (QED) is 0.434. The zero-order chi connectivity index (χ0) is 8.77. The van der Waals surface area contributed by atoms with Crippen molar-refractivity contribution in [2.45, 2.75) is 25.3 Å². The summed E-state index contributed by atoms with van der Waals surface area (Å²) in [5.74, 6) is 7.31. The molecule has 2 rings (SSSR count). The number of fused-ring (bicyclic) bond motifs is 1. The summed E-state index contributed by atoms with van der Waals surface area (Å²) in [6, 6.07) is 0. The molecule has 0 radical (unpaired) electrons. The van der Waals surface area contributed by atoms with Crippen molar-refractivity contribution in [3.63, 3.8) is 0 Å². The second kappa shape index (κ2) is 2.69. The summed E-state index contributed by atoms with van der Waals surface area (Å²) in [6.45, 7) is 4.77. The van der Waals surface area contributed by atoms with Crippen LogP contribution in [0.5, 0.6) is 0 Å². The van der Waals surface area contributed by atoms with Crippen molar-refractivity contribution in [3.8, 4) is 0 Å². The van der Waals surface area contributed by atoms with E-state index in [1.807, 2.05) is 0 Å². The lowest BCUT2D eigenvalue weighted by atomic mass is 9.99. The third-order valence-electron chi connectivity index (χ3n) is 3.53. The van der Waals surface area contributed by atoms with Crippen LogP contribution in [0, 0.1) is 11.8 Å². The van der Waals surface area contributed by atoms with E-state index in [0.717, 1.165) is 11.8 Å². The molecule has 1 heterocycles. The highest BCUT2D eigenvalue weighted by atomic mass is 15.3. The van der Waals surface area contributed by atoms with E-state index < -0.39 is 0 Å². The molecule has 0 aromatic rings. The molecule has 1 aliphatic heterocycles. The molecule has 2 aliphatic rings. The Morgan fingerprint density at radius 3 is 2.25 bits per heavy atom. The number of nitrogens with zero attached hydrogens (tertiary/aromatic N) is 1. The lowest BCUT2D eigenvalue weighted by Crippen LogP contribution is -2.45. The molecular weight excluding hydrogens is 150 g/mol. The van der Waals surface area contributed by atoms with Crippen LogP contribution < -0.4 is 11.3 Å². The van der Waals surface area contributed by atoms with Gasteiger partial charge in [-0.3, -0.25) is 11.3 Å². The van der Waals surface area contributed by atoms with Crippen molar-refractivity contribution >= 4 is 0 Å². The van der Waals surface area contributed by atoms with Gasteiger partial charge in [-0.25, -0.2) is 0 Å². The zero-order valence-electron chi connectivity index (χ0n) is 8.01. The minimum atomic E-state index is 0.219. The minimum Gasteiger partial charge on any atom is -0.306 e. The van der Waals surface area contributed by atoms with Gasteiger partial charge in [0.1, 0.15) is 0 Å². The highest BCUT2D eigenvalue weighted by Crippen LogP contribution is 2.42. The number of likely N-dealkylation sites (tertiary alicyclic amines) is 1. The molecule has 2 unspecified atom stereocenters. The van der Waals surface area contributed by atoms with Gasteiger partial charge in [-0.1, -0.05) is 0 Å². The molecule has 12 heavy (non-hydrogen) atoms. The smallest absolute Gasteiger partial charge is 0.0299 e. The van der Waals surface area contributed by atoms with Gasteiger partial charge < -0.3 is 4.90 Å². The molecule has 0 aromatic heterocycles. The Labute approximate surface area is 74.3 Å². The third-order valence-corrected chi connectivity index (χ3v) is 3.53. The van der Waals surface area contributed by atoms with Gasteiger partial charge in [-0.2, -0.15) is 0 Å². The number of rotatable bonds is 1. The summed E-state index contributed by atoms with van der Waals surface area (Å²) in [6.07, 6.45) is 2.50. The van der Waals surface area contributed by atoms with Gasteiger partial charge >= 0.3 is 0 Å². The van der Waals surface area contributed by atoms with Crippen LogP contribution >= 0.6 is 0 Å². The Morgan fingerprint density at radius 2 is 1.83 bits per heavy atom.